The first kappa shape index (κ1) is 15.0. The summed E-state index contributed by atoms with van der Waals surface area (Å²) in [5.74, 6) is -0.365. The fraction of sp³-hybridized carbons (Fsp3) is 0.235. The number of aryl methyl sites for hydroxylation is 1. The van der Waals surface area contributed by atoms with Crippen LogP contribution in [0.1, 0.15) is 34.5 Å². The Balaban J connectivity index is 2.22. The summed E-state index contributed by atoms with van der Waals surface area (Å²) in [4.78, 5) is 11.7. The molecule has 0 saturated heterocycles. The summed E-state index contributed by atoms with van der Waals surface area (Å²) >= 11 is 0. The number of carbonyl (C=O) groups is 1. The fourth-order valence-corrected chi connectivity index (χ4v) is 2.13. The molecule has 0 saturated carbocycles. The number of anilines is 1. The van der Waals surface area contributed by atoms with E-state index in [1.165, 1.54) is 12.1 Å². The van der Waals surface area contributed by atoms with Gasteiger partial charge in [-0.05, 0) is 49.2 Å². The molecule has 2 N–H and O–H groups in total. The van der Waals surface area contributed by atoms with Crippen molar-refractivity contribution >= 4 is 11.6 Å². The van der Waals surface area contributed by atoms with Crippen molar-refractivity contribution in [3.05, 3.63) is 65.0 Å². The standard InChI is InChI=1S/C17H19FN2O/c1-11-4-5-14(17(21)19-3)10-16(11)20-12(2)13-6-8-15(18)9-7-13/h4-10,12,20H,1-3H3,(H,19,21). The van der Waals surface area contributed by atoms with Gasteiger partial charge in [-0.3, -0.25) is 4.79 Å². The third-order valence-corrected chi connectivity index (χ3v) is 3.47. The first-order chi connectivity index (χ1) is 10.0. The molecule has 21 heavy (non-hydrogen) atoms. The molecule has 0 bridgehead atoms. The van der Waals surface area contributed by atoms with E-state index in [2.05, 4.69) is 10.6 Å². The second-order valence-electron chi connectivity index (χ2n) is 5.03. The van der Waals surface area contributed by atoms with E-state index in [0.29, 0.717) is 5.56 Å². The third kappa shape index (κ3) is 3.60. The second-order valence-corrected chi connectivity index (χ2v) is 5.03. The van der Waals surface area contributed by atoms with E-state index in [1.54, 1.807) is 25.2 Å². The lowest BCUT2D eigenvalue weighted by atomic mass is 10.1. The fourth-order valence-electron chi connectivity index (χ4n) is 2.13. The van der Waals surface area contributed by atoms with Crippen molar-refractivity contribution in [1.29, 1.82) is 0 Å². The number of nitrogens with one attached hydrogen (secondary N) is 2. The number of carbonyl (C=O) groups excluding carboxylic acids is 1. The number of hydrogen-bond donors (Lipinski definition) is 2. The molecule has 0 spiro atoms. The molecule has 0 aromatic heterocycles. The molecule has 0 aliphatic heterocycles. The minimum absolute atomic E-state index is 0.0178. The average Bonchev–Trinajstić information content (AvgIpc) is 2.49. The van der Waals surface area contributed by atoms with E-state index in [9.17, 15) is 9.18 Å². The molecule has 3 nitrogen and oxygen atoms in total. The van der Waals surface area contributed by atoms with Gasteiger partial charge in [0, 0.05) is 24.3 Å². The zero-order chi connectivity index (χ0) is 15.4. The molecule has 4 heteroatoms. The first-order valence-corrected chi connectivity index (χ1v) is 6.86. The molecule has 0 fully saturated rings. The van der Waals surface area contributed by atoms with Crippen molar-refractivity contribution in [3.8, 4) is 0 Å². The lowest BCUT2D eigenvalue weighted by Gasteiger charge is -2.18. The Bertz CT molecular complexity index is 638. The monoisotopic (exact) mass is 286 g/mol. The molecule has 1 amide bonds. The van der Waals surface area contributed by atoms with Gasteiger partial charge in [-0.2, -0.15) is 0 Å². The summed E-state index contributed by atoms with van der Waals surface area (Å²) in [5, 5.41) is 5.97. The number of amides is 1. The largest absolute Gasteiger partial charge is 0.378 e. The number of rotatable bonds is 4. The molecule has 1 unspecified atom stereocenters. The van der Waals surface area contributed by atoms with Gasteiger partial charge in [0.25, 0.3) is 5.91 Å². The van der Waals surface area contributed by atoms with Gasteiger partial charge in [0.15, 0.2) is 0 Å². The maximum Gasteiger partial charge on any atom is 0.251 e. The predicted octanol–water partition coefficient (Wildman–Crippen LogP) is 3.67. The van der Waals surface area contributed by atoms with Crippen LogP contribution in [0, 0.1) is 12.7 Å². The van der Waals surface area contributed by atoms with Crippen LogP contribution in [-0.2, 0) is 0 Å². The quantitative estimate of drug-likeness (QED) is 0.900. The molecular formula is C17H19FN2O. The van der Waals surface area contributed by atoms with E-state index in [-0.39, 0.29) is 17.8 Å². The van der Waals surface area contributed by atoms with E-state index in [0.717, 1.165) is 16.8 Å². The lowest BCUT2D eigenvalue weighted by Crippen LogP contribution is -2.18. The molecular weight excluding hydrogens is 267 g/mol. The Kier molecular flexibility index (Phi) is 4.58. The van der Waals surface area contributed by atoms with Crippen LogP contribution in [0.5, 0.6) is 0 Å². The van der Waals surface area contributed by atoms with Crippen LogP contribution in [0.2, 0.25) is 0 Å². The Morgan fingerprint density at radius 1 is 1.14 bits per heavy atom. The number of benzene rings is 2. The second kappa shape index (κ2) is 6.39. The molecule has 0 aliphatic rings. The number of hydrogen-bond acceptors (Lipinski definition) is 2. The highest BCUT2D eigenvalue weighted by Gasteiger charge is 2.10. The van der Waals surface area contributed by atoms with Gasteiger partial charge in [0.1, 0.15) is 5.82 Å². The van der Waals surface area contributed by atoms with Gasteiger partial charge in [-0.1, -0.05) is 18.2 Å². The SMILES string of the molecule is CNC(=O)c1ccc(C)c(NC(C)c2ccc(F)cc2)c1. The molecule has 0 aliphatic carbocycles. The van der Waals surface area contributed by atoms with Crippen molar-refractivity contribution in [1.82, 2.24) is 5.32 Å². The maximum absolute atomic E-state index is 13.0. The summed E-state index contributed by atoms with van der Waals surface area (Å²) in [6.45, 7) is 3.98. The van der Waals surface area contributed by atoms with Crippen LogP contribution in [0.4, 0.5) is 10.1 Å². The predicted molar refractivity (Wildman–Crippen MR) is 83.0 cm³/mol. The van der Waals surface area contributed by atoms with E-state index in [1.807, 2.05) is 26.0 Å². The highest BCUT2D eigenvalue weighted by atomic mass is 19.1. The summed E-state index contributed by atoms with van der Waals surface area (Å²) in [6.07, 6.45) is 0. The highest BCUT2D eigenvalue weighted by Crippen LogP contribution is 2.23. The lowest BCUT2D eigenvalue weighted by molar-refractivity contribution is 0.0963. The minimum Gasteiger partial charge on any atom is -0.378 e. The molecule has 110 valence electrons. The smallest absolute Gasteiger partial charge is 0.251 e. The van der Waals surface area contributed by atoms with Crippen molar-refractivity contribution in [2.75, 3.05) is 12.4 Å². The third-order valence-electron chi connectivity index (χ3n) is 3.47. The Hall–Kier alpha value is -2.36. The molecule has 1 atom stereocenters. The van der Waals surface area contributed by atoms with Crippen LogP contribution < -0.4 is 10.6 Å². The summed E-state index contributed by atoms with van der Waals surface area (Å²) in [6, 6.07) is 11.9. The number of halogens is 1. The molecule has 0 radical (unpaired) electrons. The van der Waals surface area contributed by atoms with Crippen LogP contribution in [0.3, 0.4) is 0 Å². The van der Waals surface area contributed by atoms with Gasteiger partial charge < -0.3 is 10.6 Å². The summed E-state index contributed by atoms with van der Waals surface area (Å²) in [5.41, 5.74) is 3.54. The topological polar surface area (TPSA) is 41.1 Å². The van der Waals surface area contributed by atoms with Crippen LogP contribution >= 0.6 is 0 Å². The van der Waals surface area contributed by atoms with E-state index >= 15 is 0 Å². The van der Waals surface area contributed by atoms with Gasteiger partial charge >= 0.3 is 0 Å². The minimum atomic E-state index is -0.247. The normalized spacial score (nSPS) is 11.8. The molecule has 0 heterocycles. The van der Waals surface area contributed by atoms with Crippen molar-refractivity contribution in [3.63, 3.8) is 0 Å². The Labute approximate surface area is 124 Å². The average molecular weight is 286 g/mol. The first-order valence-electron chi connectivity index (χ1n) is 6.86. The van der Waals surface area contributed by atoms with Gasteiger partial charge in [-0.25, -0.2) is 4.39 Å². The highest BCUT2D eigenvalue weighted by molar-refractivity contribution is 5.95. The van der Waals surface area contributed by atoms with Crippen molar-refractivity contribution in [2.24, 2.45) is 0 Å². The molecule has 2 rings (SSSR count). The van der Waals surface area contributed by atoms with E-state index < -0.39 is 0 Å². The zero-order valence-corrected chi connectivity index (χ0v) is 12.4. The van der Waals surface area contributed by atoms with E-state index in [4.69, 9.17) is 0 Å². The van der Waals surface area contributed by atoms with Crippen LogP contribution in [-0.4, -0.2) is 13.0 Å². The van der Waals surface area contributed by atoms with Gasteiger partial charge in [0.05, 0.1) is 0 Å². The zero-order valence-electron chi connectivity index (χ0n) is 12.4. The van der Waals surface area contributed by atoms with Crippen molar-refractivity contribution < 1.29 is 9.18 Å². The van der Waals surface area contributed by atoms with Crippen LogP contribution in [0.15, 0.2) is 42.5 Å². The molecule has 2 aromatic carbocycles. The Morgan fingerprint density at radius 3 is 2.43 bits per heavy atom. The van der Waals surface area contributed by atoms with Crippen LogP contribution in [0.25, 0.3) is 0 Å². The molecule has 2 aromatic rings. The Morgan fingerprint density at radius 2 is 1.81 bits per heavy atom. The van der Waals surface area contributed by atoms with Gasteiger partial charge in [0.2, 0.25) is 0 Å². The summed E-state index contributed by atoms with van der Waals surface area (Å²) < 4.78 is 13.0. The maximum atomic E-state index is 13.0. The van der Waals surface area contributed by atoms with Gasteiger partial charge in [-0.15, -0.1) is 0 Å². The van der Waals surface area contributed by atoms with Crippen molar-refractivity contribution in [2.45, 2.75) is 19.9 Å². The summed E-state index contributed by atoms with van der Waals surface area (Å²) in [7, 11) is 1.61.